The van der Waals surface area contributed by atoms with Crippen LogP contribution in [0.3, 0.4) is 0 Å². The molecular weight excluding hydrogens is 440 g/mol. The number of ether oxygens (including phenoxy) is 1. The van der Waals surface area contributed by atoms with Crippen LogP contribution in [0.1, 0.15) is 28.7 Å². The van der Waals surface area contributed by atoms with Crippen molar-refractivity contribution in [2.45, 2.75) is 18.1 Å². The van der Waals surface area contributed by atoms with Crippen LogP contribution in [0.2, 0.25) is 0 Å². The number of nitrogens with zero attached hydrogens (tertiary/aromatic N) is 2. The van der Waals surface area contributed by atoms with E-state index in [9.17, 15) is 19.5 Å². The number of aliphatic hydroxyl groups is 1. The number of aryl methyl sites for hydroxylation is 1. The first-order chi connectivity index (χ1) is 16.3. The summed E-state index contributed by atoms with van der Waals surface area (Å²) in [5.74, 6) is -2.32. The molecule has 3 aromatic rings. The molecular formula is C24H24N4O6. The van der Waals surface area contributed by atoms with Gasteiger partial charge < -0.3 is 25.6 Å². The molecule has 4 rings (SSSR count). The number of carbonyl (C=O) groups is 3. The molecule has 0 fully saturated rings. The van der Waals surface area contributed by atoms with E-state index in [1.54, 1.807) is 13.2 Å². The van der Waals surface area contributed by atoms with Crippen LogP contribution in [0.15, 0.2) is 60.9 Å². The van der Waals surface area contributed by atoms with Crippen LogP contribution in [0.5, 0.6) is 0 Å². The highest BCUT2D eigenvalue weighted by Gasteiger charge is 2.30. The van der Waals surface area contributed by atoms with E-state index in [0.717, 1.165) is 22.3 Å². The summed E-state index contributed by atoms with van der Waals surface area (Å²) in [6.45, 7) is -0.448. The molecule has 0 radical (unpaired) electrons. The van der Waals surface area contributed by atoms with Crippen LogP contribution in [-0.2, 0) is 21.4 Å². The lowest BCUT2D eigenvalue weighted by Gasteiger charge is -2.19. The average molecular weight is 464 g/mol. The lowest BCUT2D eigenvalue weighted by Crippen LogP contribution is -2.44. The fraction of sp³-hybridized carbons (Fsp3) is 0.250. The summed E-state index contributed by atoms with van der Waals surface area (Å²) < 4.78 is 6.97. The van der Waals surface area contributed by atoms with Gasteiger partial charge in [0.05, 0.1) is 12.7 Å². The van der Waals surface area contributed by atoms with Crippen molar-refractivity contribution in [1.82, 2.24) is 20.4 Å². The van der Waals surface area contributed by atoms with Crippen LogP contribution in [0.25, 0.3) is 11.1 Å². The summed E-state index contributed by atoms with van der Waals surface area (Å²) in [5, 5.41) is 27.1. The fourth-order valence-electron chi connectivity index (χ4n) is 4.03. The van der Waals surface area contributed by atoms with Gasteiger partial charge >= 0.3 is 12.1 Å². The third-order valence-electron chi connectivity index (χ3n) is 5.68. The van der Waals surface area contributed by atoms with Gasteiger partial charge in [-0.15, -0.1) is 0 Å². The molecule has 2 atom stereocenters. The molecule has 0 spiro atoms. The topological polar surface area (TPSA) is 143 Å². The Morgan fingerprint density at radius 1 is 1.09 bits per heavy atom. The Morgan fingerprint density at radius 3 is 2.26 bits per heavy atom. The summed E-state index contributed by atoms with van der Waals surface area (Å²) >= 11 is 0. The Kier molecular flexibility index (Phi) is 6.60. The Balaban J connectivity index is 1.45. The number of aliphatic hydroxyl groups excluding tert-OH is 1. The van der Waals surface area contributed by atoms with Gasteiger partial charge in [0.25, 0.3) is 0 Å². The molecule has 1 unspecified atom stereocenters. The molecule has 1 aliphatic carbocycles. The Morgan fingerprint density at radius 2 is 1.71 bits per heavy atom. The van der Waals surface area contributed by atoms with Crippen molar-refractivity contribution in [3.05, 3.63) is 77.6 Å². The molecule has 176 valence electrons. The molecule has 0 aliphatic heterocycles. The molecule has 2 aromatic carbocycles. The number of hydrogen-bond donors (Lipinski definition) is 4. The number of fused-ring (bicyclic) bond motifs is 3. The Labute approximate surface area is 195 Å². The molecule has 0 bridgehead atoms. The number of carboxylic acids is 1. The SMILES string of the molecule is Cn1cc(C(NC(=O)OCC2c3ccccc3-c3ccccc32)C(=O)NC[C@H](O)C(=O)O)cn1. The molecule has 0 saturated heterocycles. The second kappa shape index (κ2) is 9.75. The number of nitrogens with one attached hydrogen (secondary N) is 2. The molecule has 2 amide bonds. The van der Waals surface area contributed by atoms with Crippen molar-refractivity contribution >= 4 is 18.0 Å². The first kappa shape index (κ1) is 23.0. The smallest absolute Gasteiger partial charge is 0.408 e. The second-order valence-electron chi connectivity index (χ2n) is 7.95. The number of aromatic nitrogens is 2. The van der Waals surface area contributed by atoms with E-state index in [2.05, 4.69) is 15.7 Å². The van der Waals surface area contributed by atoms with Gasteiger partial charge in [0.1, 0.15) is 12.6 Å². The van der Waals surface area contributed by atoms with Gasteiger partial charge in [-0.1, -0.05) is 48.5 Å². The zero-order valence-electron chi connectivity index (χ0n) is 18.3. The minimum atomic E-state index is -1.77. The maximum atomic E-state index is 12.7. The maximum absolute atomic E-state index is 12.7. The summed E-state index contributed by atoms with van der Waals surface area (Å²) in [6.07, 6.45) is 0.362. The number of amides is 2. The summed E-state index contributed by atoms with van der Waals surface area (Å²) in [7, 11) is 1.65. The molecule has 4 N–H and O–H groups in total. The van der Waals surface area contributed by atoms with Gasteiger partial charge in [0, 0.05) is 24.7 Å². The maximum Gasteiger partial charge on any atom is 0.408 e. The van der Waals surface area contributed by atoms with E-state index >= 15 is 0 Å². The van der Waals surface area contributed by atoms with Crippen LogP contribution in [0, 0.1) is 0 Å². The van der Waals surface area contributed by atoms with Crippen molar-refractivity contribution in [2.24, 2.45) is 7.05 Å². The predicted octanol–water partition coefficient (Wildman–Crippen LogP) is 1.56. The number of benzene rings is 2. The zero-order valence-corrected chi connectivity index (χ0v) is 18.3. The number of alkyl carbamates (subject to hydrolysis) is 1. The summed E-state index contributed by atoms with van der Waals surface area (Å²) in [6, 6.07) is 14.7. The van der Waals surface area contributed by atoms with E-state index in [4.69, 9.17) is 9.84 Å². The fourth-order valence-corrected chi connectivity index (χ4v) is 4.03. The molecule has 1 aliphatic rings. The number of hydrogen-bond acceptors (Lipinski definition) is 6. The van der Waals surface area contributed by atoms with Gasteiger partial charge in [-0.05, 0) is 22.3 Å². The standard InChI is InChI=1S/C24H24N4O6/c1-28-12-14(10-26-28)21(22(30)25-11-20(29)23(31)32)27-24(33)34-13-19-17-8-4-2-6-15(17)16-7-3-5-9-18(16)19/h2-10,12,19-21,29H,11,13H2,1H3,(H,25,30)(H,27,33)(H,31,32)/t20-,21?/m0/s1. The third kappa shape index (κ3) is 4.76. The minimum absolute atomic E-state index is 0.0684. The number of carboxylic acid groups (broad SMARTS) is 1. The molecule has 1 aromatic heterocycles. The van der Waals surface area contributed by atoms with Gasteiger partial charge in [0.2, 0.25) is 5.91 Å². The van der Waals surface area contributed by atoms with E-state index in [0.29, 0.717) is 5.56 Å². The molecule has 10 nitrogen and oxygen atoms in total. The van der Waals surface area contributed by atoms with E-state index in [-0.39, 0.29) is 12.5 Å². The van der Waals surface area contributed by atoms with Crippen molar-refractivity contribution in [1.29, 1.82) is 0 Å². The van der Waals surface area contributed by atoms with Crippen molar-refractivity contribution in [3.8, 4) is 11.1 Å². The van der Waals surface area contributed by atoms with E-state index < -0.39 is 36.7 Å². The highest BCUT2D eigenvalue weighted by molar-refractivity contribution is 5.87. The number of rotatable bonds is 8. The average Bonchev–Trinajstić information content (AvgIpc) is 3.40. The minimum Gasteiger partial charge on any atom is -0.479 e. The summed E-state index contributed by atoms with van der Waals surface area (Å²) in [4.78, 5) is 36.2. The normalized spacial score (nSPS) is 13.9. The number of carbonyl (C=O) groups excluding carboxylic acids is 2. The Bertz CT molecular complexity index is 1180. The van der Waals surface area contributed by atoms with E-state index in [1.165, 1.54) is 10.9 Å². The first-order valence-corrected chi connectivity index (χ1v) is 10.6. The zero-order chi connectivity index (χ0) is 24.2. The molecule has 0 saturated carbocycles. The van der Waals surface area contributed by atoms with E-state index in [1.807, 2.05) is 48.5 Å². The first-order valence-electron chi connectivity index (χ1n) is 10.6. The molecule has 34 heavy (non-hydrogen) atoms. The predicted molar refractivity (Wildman–Crippen MR) is 121 cm³/mol. The lowest BCUT2D eigenvalue weighted by atomic mass is 9.98. The van der Waals surface area contributed by atoms with Crippen molar-refractivity contribution in [3.63, 3.8) is 0 Å². The highest BCUT2D eigenvalue weighted by atomic mass is 16.5. The molecule has 10 heteroatoms. The largest absolute Gasteiger partial charge is 0.479 e. The van der Waals surface area contributed by atoms with Gasteiger partial charge in [0.15, 0.2) is 6.10 Å². The van der Waals surface area contributed by atoms with Gasteiger partial charge in [-0.2, -0.15) is 5.10 Å². The van der Waals surface area contributed by atoms with Crippen LogP contribution < -0.4 is 10.6 Å². The van der Waals surface area contributed by atoms with Crippen molar-refractivity contribution < 1.29 is 29.3 Å². The monoisotopic (exact) mass is 464 g/mol. The number of aliphatic carboxylic acids is 1. The summed E-state index contributed by atoms with van der Waals surface area (Å²) in [5.41, 5.74) is 4.67. The Hall–Kier alpha value is -4.18. The molecule has 1 heterocycles. The van der Waals surface area contributed by atoms with Crippen LogP contribution in [0.4, 0.5) is 4.79 Å². The third-order valence-corrected chi connectivity index (χ3v) is 5.68. The van der Waals surface area contributed by atoms with Gasteiger partial charge in [-0.3, -0.25) is 9.48 Å². The van der Waals surface area contributed by atoms with Crippen molar-refractivity contribution in [2.75, 3.05) is 13.2 Å². The lowest BCUT2D eigenvalue weighted by molar-refractivity contribution is -0.146. The van der Waals surface area contributed by atoms with Crippen LogP contribution in [-0.4, -0.2) is 57.2 Å². The quantitative estimate of drug-likeness (QED) is 0.396. The van der Waals surface area contributed by atoms with Crippen LogP contribution >= 0.6 is 0 Å². The second-order valence-corrected chi connectivity index (χ2v) is 7.95. The van der Waals surface area contributed by atoms with Gasteiger partial charge in [-0.25, -0.2) is 9.59 Å². The highest BCUT2D eigenvalue weighted by Crippen LogP contribution is 2.44.